The van der Waals surface area contributed by atoms with Crippen LogP contribution in [0.3, 0.4) is 0 Å². The summed E-state index contributed by atoms with van der Waals surface area (Å²) in [5.41, 5.74) is 6.54. The lowest BCUT2D eigenvalue weighted by Gasteiger charge is -2.38. The number of thiocarbonyl (C=S) groups is 1. The summed E-state index contributed by atoms with van der Waals surface area (Å²) < 4.78 is 14.3. The Balaban J connectivity index is 2.15. The minimum atomic E-state index is -0.277. The van der Waals surface area contributed by atoms with Crippen LogP contribution >= 0.6 is 12.2 Å². The highest BCUT2D eigenvalue weighted by Crippen LogP contribution is 2.18. The predicted octanol–water partition coefficient (Wildman–Crippen LogP) is 1.60. The smallest absolute Gasteiger partial charge is 0.137 e. The molecule has 1 heterocycles. The molecule has 0 aromatic heterocycles. The summed E-state index contributed by atoms with van der Waals surface area (Å²) in [4.78, 5) is 4.70. The Bertz CT molecular complexity index is 478. The number of rotatable bonds is 3. The number of nitrogens with two attached hydrogens (primary N) is 1. The molecule has 1 aliphatic rings. The van der Waals surface area contributed by atoms with Crippen molar-refractivity contribution in [1.29, 1.82) is 0 Å². The van der Waals surface area contributed by atoms with Crippen molar-refractivity contribution in [1.82, 2.24) is 9.80 Å². The topological polar surface area (TPSA) is 32.5 Å². The molecule has 104 valence electrons. The Morgan fingerprint density at radius 2 is 2.21 bits per heavy atom. The molecule has 0 aliphatic carbocycles. The maximum absolute atomic E-state index is 14.3. The van der Waals surface area contributed by atoms with Gasteiger partial charge in [0.25, 0.3) is 0 Å². The van der Waals surface area contributed by atoms with E-state index in [1.54, 1.807) is 6.07 Å². The molecule has 0 bridgehead atoms. The van der Waals surface area contributed by atoms with Crippen molar-refractivity contribution in [3.63, 3.8) is 0 Å². The van der Waals surface area contributed by atoms with E-state index in [4.69, 9.17) is 18.0 Å². The summed E-state index contributed by atoms with van der Waals surface area (Å²) in [6.45, 7) is 5.76. The average Bonchev–Trinajstić information content (AvgIpc) is 2.34. The molecule has 0 radical (unpaired) electrons. The number of halogens is 1. The summed E-state index contributed by atoms with van der Waals surface area (Å²) in [5, 5.41) is 0. The van der Waals surface area contributed by atoms with Crippen molar-refractivity contribution in [3.05, 3.63) is 35.1 Å². The van der Waals surface area contributed by atoms with Crippen LogP contribution in [0.15, 0.2) is 18.2 Å². The first-order valence-corrected chi connectivity index (χ1v) is 6.89. The zero-order chi connectivity index (χ0) is 14.0. The van der Waals surface area contributed by atoms with Crippen molar-refractivity contribution in [2.24, 2.45) is 5.73 Å². The maximum Gasteiger partial charge on any atom is 0.137 e. The minimum absolute atomic E-state index is 0.116. The monoisotopic (exact) mass is 281 g/mol. The quantitative estimate of drug-likeness (QED) is 0.853. The lowest BCUT2D eigenvalue weighted by molar-refractivity contribution is 0.0928. The van der Waals surface area contributed by atoms with Gasteiger partial charge in [0.1, 0.15) is 10.8 Å². The number of benzene rings is 1. The molecule has 1 atom stereocenters. The molecule has 1 aliphatic heterocycles. The van der Waals surface area contributed by atoms with E-state index in [2.05, 4.69) is 23.8 Å². The lowest BCUT2D eigenvalue weighted by Crippen LogP contribution is -2.49. The number of hydrogen-bond acceptors (Lipinski definition) is 3. The molecule has 2 N–H and O–H groups in total. The molecule has 1 aromatic rings. The highest BCUT2D eigenvalue weighted by Gasteiger charge is 2.22. The van der Waals surface area contributed by atoms with Crippen LogP contribution in [0, 0.1) is 5.82 Å². The zero-order valence-electron chi connectivity index (χ0n) is 11.4. The Hall–Kier alpha value is -1.04. The molecule has 0 saturated carbocycles. The highest BCUT2D eigenvalue weighted by molar-refractivity contribution is 7.80. The molecule has 2 rings (SSSR count). The van der Waals surface area contributed by atoms with E-state index in [1.165, 1.54) is 0 Å². The van der Waals surface area contributed by atoms with Gasteiger partial charge < -0.3 is 10.6 Å². The van der Waals surface area contributed by atoms with Gasteiger partial charge in [-0.3, -0.25) is 4.90 Å². The standard InChI is InChI=1S/C14H20FN3S/c1-10-8-17(2)6-7-18(10)9-11-4-3-5-12(13(11)15)14(16)19/h3-5,10H,6-9H2,1-2H3,(H2,16,19). The van der Waals surface area contributed by atoms with Crippen molar-refractivity contribution in [2.75, 3.05) is 26.7 Å². The molecule has 3 nitrogen and oxygen atoms in total. The first-order valence-electron chi connectivity index (χ1n) is 6.49. The van der Waals surface area contributed by atoms with Crippen LogP contribution in [0.1, 0.15) is 18.1 Å². The van der Waals surface area contributed by atoms with E-state index >= 15 is 0 Å². The molecule has 1 aromatic carbocycles. The Morgan fingerprint density at radius 3 is 2.84 bits per heavy atom. The second-order valence-corrected chi connectivity index (χ2v) is 5.66. The second kappa shape index (κ2) is 5.94. The average molecular weight is 281 g/mol. The molecule has 0 spiro atoms. The minimum Gasteiger partial charge on any atom is -0.389 e. The molecular weight excluding hydrogens is 261 g/mol. The fourth-order valence-corrected chi connectivity index (χ4v) is 2.68. The fraction of sp³-hybridized carbons (Fsp3) is 0.500. The highest BCUT2D eigenvalue weighted by atomic mass is 32.1. The summed E-state index contributed by atoms with van der Waals surface area (Å²) in [7, 11) is 2.11. The van der Waals surface area contributed by atoms with Crippen LogP contribution < -0.4 is 5.73 Å². The van der Waals surface area contributed by atoms with Crippen molar-refractivity contribution >= 4 is 17.2 Å². The number of likely N-dealkylation sites (N-methyl/N-ethyl adjacent to an activating group) is 1. The van der Waals surface area contributed by atoms with Crippen LogP contribution in [0.4, 0.5) is 4.39 Å². The van der Waals surface area contributed by atoms with Crippen molar-refractivity contribution in [2.45, 2.75) is 19.5 Å². The zero-order valence-corrected chi connectivity index (χ0v) is 12.2. The van der Waals surface area contributed by atoms with E-state index in [0.29, 0.717) is 23.7 Å². The fourth-order valence-electron chi connectivity index (χ4n) is 2.52. The van der Waals surface area contributed by atoms with Crippen LogP contribution in [0.25, 0.3) is 0 Å². The van der Waals surface area contributed by atoms with Crippen LogP contribution in [0.2, 0.25) is 0 Å². The van der Waals surface area contributed by atoms with Crippen LogP contribution in [-0.2, 0) is 6.54 Å². The van der Waals surface area contributed by atoms with E-state index in [1.807, 2.05) is 12.1 Å². The summed E-state index contributed by atoms with van der Waals surface area (Å²) in [5.74, 6) is -0.277. The molecule has 0 amide bonds. The number of piperazine rings is 1. The first-order chi connectivity index (χ1) is 8.99. The van der Waals surface area contributed by atoms with E-state index in [9.17, 15) is 4.39 Å². The molecular formula is C14H20FN3S. The van der Waals surface area contributed by atoms with Gasteiger partial charge in [-0.2, -0.15) is 0 Å². The first kappa shape index (κ1) is 14.4. The van der Waals surface area contributed by atoms with E-state index < -0.39 is 0 Å². The van der Waals surface area contributed by atoms with Crippen molar-refractivity contribution < 1.29 is 4.39 Å². The predicted molar refractivity (Wildman–Crippen MR) is 79.7 cm³/mol. The normalized spacial score (nSPS) is 21.5. The van der Waals surface area contributed by atoms with Gasteiger partial charge >= 0.3 is 0 Å². The van der Waals surface area contributed by atoms with Gasteiger partial charge in [0, 0.05) is 43.3 Å². The Morgan fingerprint density at radius 1 is 1.47 bits per heavy atom. The van der Waals surface area contributed by atoms with Gasteiger partial charge in [-0.1, -0.05) is 24.4 Å². The summed E-state index contributed by atoms with van der Waals surface area (Å²) in [6, 6.07) is 5.68. The summed E-state index contributed by atoms with van der Waals surface area (Å²) in [6.07, 6.45) is 0. The maximum atomic E-state index is 14.3. The van der Waals surface area contributed by atoms with Gasteiger partial charge in [-0.05, 0) is 20.0 Å². The van der Waals surface area contributed by atoms with Gasteiger partial charge in [0.05, 0.1) is 0 Å². The van der Waals surface area contributed by atoms with Crippen LogP contribution in [0.5, 0.6) is 0 Å². The van der Waals surface area contributed by atoms with E-state index in [-0.39, 0.29) is 10.8 Å². The third-order valence-corrected chi connectivity index (χ3v) is 3.91. The molecule has 1 fully saturated rings. The Kier molecular flexibility index (Phi) is 4.50. The third kappa shape index (κ3) is 3.29. The third-order valence-electron chi connectivity index (χ3n) is 3.69. The molecule has 1 unspecified atom stereocenters. The van der Waals surface area contributed by atoms with Gasteiger partial charge in [0.15, 0.2) is 0 Å². The molecule has 19 heavy (non-hydrogen) atoms. The Labute approximate surface area is 119 Å². The SMILES string of the molecule is CC1CN(C)CCN1Cc1cccc(C(N)=S)c1F. The van der Waals surface area contributed by atoms with Gasteiger partial charge in [-0.25, -0.2) is 4.39 Å². The molecule has 1 saturated heterocycles. The van der Waals surface area contributed by atoms with E-state index in [0.717, 1.165) is 19.6 Å². The second-order valence-electron chi connectivity index (χ2n) is 5.22. The van der Waals surface area contributed by atoms with Crippen LogP contribution in [-0.4, -0.2) is 47.5 Å². The molecule has 5 heteroatoms. The largest absolute Gasteiger partial charge is 0.389 e. The number of nitrogens with zero attached hydrogens (tertiary/aromatic N) is 2. The van der Waals surface area contributed by atoms with Gasteiger partial charge in [0.2, 0.25) is 0 Å². The van der Waals surface area contributed by atoms with Crippen molar-refractivity contribution in [3.8, 4) is 0 Å². The van der Waals surface area contributed by atoms with Gasteiger partial charge in [-0.15, -0.1) is 0 Å². The number of hydrogen-bond donors (Lipinski definition) is 1. The lowest BCUT2D eigenvalue weighted by atomic mass is 10.1. The summed E-state index contributed by atoms with van der Waals surface area (Å²) >= 11 is 4.87.